The maximum atomic E-state index is 2.60. The van der Waals surface area contributed by atoms with Crippen LogP contribution >= 0.6 is 11.3 Å². The van der Waals surface area contributed by atoms with Crippen molar-refractivity contribution in [3.8, 4) is 0 Å². The van der Waals surface area contributed by atoms with E-state index >= 15 is 0 Å². The maximum Gasteiger partial charge on any atom is 0.0633 e. The van der Waals surface area contributed by atoms with Crippen molar-refractivity contribution in [1.29, 1.82) is 0 Å². The molecule has 0 amide bonds. The molecule has 0 N–H and O–H groups in total. The maximum absolute atomic E-state index is 2.60. The van der Waals surface area contributed by atoms with Gasteiger partial charge in [0.2, 0.25) is 0 Å². The lowest BCUT2D eigenvalue weighted by Crippen LogP contribution is -2.33. The molecule has 3 heteroatoms. The van der Waals surface area contributed by atoms with E-state index in [9.17, 15) is 0 Å². The fourth-order valence-electron chi connectivity index (χ4n) is 9.41. The molecular weight excluding hydrogens is 637 g/mol. The third-order valence-electron chi connectivity index (χ3n) is 11.8. The molecule has 2 unspecified atom stereocenters. The Labute approximate surface area is 302 Å². The molecule has 2 atom stereocenters. The van der Waals surface area contributed by atoms with Gasteiger partial charge in [0, 0.05) is 64.7 Å². The first-order valence-corrected chi connectivity index (χ1v) is 19.4. The number of thiophene rings is 1. The molecule has 0 spiro atoms. The van der Waals surface area contributed by atoms with Crippen molar-refractivity contribution >= 4 is 77.2 Å². The molecule has 51 heavy (non-hydrogen) atoms. The van der Waals surface area contributed by atoms with Crippen molar-refractivity contribution in [2.45, 2.75) is 44.6 Å². The standard InChI is InChI=1S/C48H38N2S/c1-2-10-31(11-3-1)32-18-22-35(23-19-32)49-43-15-7-4-12-37(43)41-28-33(20-26-45(41)49)34-21-27-46-42(29-34)38-13-5-8-16-44(38)50(46)36-24-25-40-39-14-6-9-17-47(39)51-48(40)30-36/h1-2,4-10,12-18,21-22,24-26,28-30,33,46H,3,11,19-20,23,27H2. The summed E-state index contributed by atoms with van der Waals surface area (Å²) in [5, 5.41) is 6.83. The third kappa shape index (κ3) is 4.61. The van der Waals surface area contributed by atoms with Crippen LogP contribution in [0.5, 0.6) is 0 Å². The minimum absolute atomic E-state index is 0.305. The largest absolute Gasteiger partial charge is 0.333 e. The number of rotatable bonds is 4. The van der Waals surface area contributed by atoms with Crippen LogP contribution in [0.1, 0.15) is 44.1 Å². The van der Waals surface area contributed by atoms with Crippen molar-refractivity contribution in [3.05, 3.63) is 166 Å². The minimum Gasteiger partial charge on any atom is -0.333 e. The fourth-order valence-corrected chi connectivity index (χ4v) is 10.5. The minimum atomic E-state index is 0.305. The second-order valence-corrected chi connectivity index (χ2v) is 15.7. The van der Waals surface area contributed by atoms with E-state index in [4.69, 9.17) is 0 Å². The number of hydrogen-bond acceptors (Lipinski definition) is 2. The second kappa shape index (κ2) is 11.6. The van der Waals surface area contributed by atoms with Gasteiger partial charge in [-0.25, -0.2) is 0 Å². The molecule has 0 radical (unpaired) electrons. The van der Waals surface area contributed by atoms with E-state index in [0.29, 0.717) is 12.0 Å². The quantitative estimate of drug-likeness (QED) is 0.181. The molecule has 0 bridgehead atoms. The van der Waals surface area contributed by atoms with Crippen LogP contribution in [-0.2, 0) is 0 Å². The van der Waals surface area contributed by atoms with Crippen LogP contribution in [0.15, 0.2) is 150 Å². The van der Waals surface area contributed by atoms with E-state index in [1.54, 1.807) is 0 Å². The molecule has 246 valence electrons. The summed E-state index contributed by atoms with van der Waals surface area (Å²) in [4.78, 5) is 2.60. The lowest BCUT2D eigenvalue weighted by atomic mass is 9.83. The summed E-state index contributed by atoms with van der Waals surface area (Å²) in [5.41, 5.74) is 12.6. The van der Waals surface area contributed by atoms with Crippen LogP contribution in [0.2, 0.25) is 0 Å². The first kappa shape index (κ1) is 29.4. The predicted molar refractivity (Wildman–Crippen MR) is 219 cm³/mol. The number of allylic oxidation sites excluding steroid dienone is 10. The number of anilines is 2. The van der Waals surface area contributed by atoms with Gasteiger partial charge in [-0.1, -0.05) is 109 Å². The zero-order valence-corrected chi connectivity index (χ0v) is 29.4. The summed E-state index contributed by atoms with van der Waals surface area (Å²) in [6.07, 6.45) is 28.3. The lowest BCUT2D eigenvalue weighted by Gasteiger charge is -2.30. The average Bonchev–Trinajstić information content (AvgIpc) is 3.85. The Kier molecular flexibility index (Phi) is 6.67. The Morgan fingerprint density at radius 2 is 1.53 bits per heavy atom. The number of fused-ring (bicyclic) bond motifs is 9. The van der Waals surface area contributed by atoms with Crippen molar-refractivity contribution in [2.75, 3.05) is 4.90 Å². The van der Waals surface area contributed by atoms with Crippen molar-refractivity contribution < 1.29 is 0 Å². The zero-order valence-electron chi connectivity index (χ0n) is 28.6. The molecule has 0 saturated carbocycles. The highest BCUT2D eigenvalue weighted by molar-refractivity contribution is 7.25. The molecule has 2 aromatic heterocycles. The number of benzene rings is 4. The number of hydrogen-bond donors (Lipinski definition) is 0. The van der Waals surface area contributed by atoms with Gasteiger partial charge in [0.1, 0.15) is 0 Å². The SMILES string of the molecule is C1=CCCC(C2=CC=C(n3c4c(c5ccccc53)=CC(C3=CCC5C(=C3)c3ccccc3N5c3ccc5c(c3)sc3ccccc35)CC=4)CC2)=C1. The highest BCUT2D eigenvalue weighted by Gasteiger charge is 2.36. The van der Waals surface area contributed by atoms with E-state index in [1.165, 1.54) is 86.6 Å². The van der Waals surface area contributed by atoms with Crippen molar-refractivity contribution in [2.24, 2.45) is 5.92 Å². The monoisotopic (exact) mass is 674 g/mol. The van der Waals surface area contributed by atoms with E-state index in [1.807, 2.05) is 11.3 Å². The lowest BCUT2D eigenvalue weighted by molar-refractivity contribution is 0.782. The van der Waals surface area contributed by atoms with E-state index < -0.39 is 0 Å². The first-order chi connectivity index (χ1) is 25.3. The molecule has 4 aromatic carbocycles. The normalized spacial score (nSPS) is 20.9. The molecule has 4 aliphatic carbocycles. The highest BCUT2D eigenvalue weighted by Crippen LogP contribution is 2.50. The summed E-state index contributed by atoms with van der Waals surface area (Å²) in [6, 6.07) is 34.3. The number of aromatic nitrogens is 1. The highest BCUT2D eigenvalue weighted by atomic mass is 32.1. The molecule has 11 rings (SSSR count). The molecule has 2 nitrogen and oxygen atoms in total. The molecule has 3 heterocycles. The van der Waals surface area contributed by atoms with Crippen LogP contribution in [0.3, 0.4) is 0 Å². The van der Waals surface area contributed by atoms with Gasteiger partial charge in [-0.15, -0.1) is 11.3 Å². The van der Waals surface area contributed by atoms with Gasteiger partial charge >= 0.3 is 0 Å². The second-order valence-electron chi connectivity index (χ2n) is 14.6. The Bertz CT molecular complexity index is 2770. The third-order valence-corrected chi connectivity index (χ3v) is 13.0. The van der Waals surface area contributed by atoms with E-state index in [2.05, 4.69) is 155 Å². The van der Waals surface area contributed by atoms with Gasteiger partial charge in [0.15, 0.2) is 0 Å². The van der Waals surface area contributed by atoms with Crippen LogP contribution in [0.25, 0.3) is 54.5 Å². The summed E-state index contributed by atoms with van der Waals surface area (Å²) in [7, 11) is 0. The van der Waals surface area contributed by atoms with E-state index in [-0.39, 0.29) is 0 Å². The van der Waals surface area contributed by atoms with Gasteiger partial charge in [0.25, 0.3) is 0 Å². The summed E-state index contributed by atoms with van der Waals surface area (Å²) < 4.78 is 5.27. The van der Waals surface area contributed by atoms with Gasteiger partial charge in [-0.2, -0.15) is 0 Å². The topological polar surface area (TPSA) is 8.17 Å². The summed E-state index contributed by atoms with van der Waals surface area (Å²) >= 11 is 1.90. The summed E-state index contributed by atoms with van der Waals surface area (Å²) in [5.74, 6) is 0.361. The molecule has 0 fully saturated rings. The van der Waals surface area contributed by atoms with Gasteiger partial charge in [0.05, 0.1) is 11.6 Å². The summed E-state index contributed by atoms with van der Waals surface area (Å²) in [6.45, 7) is 0. The van der Waals surface area contributed by atoms with E-state index in [0.717, 1.165) is 38.5 Å². The zero-order chi connectivity index (χ0) is 33.5. The molecule has 1 aliphatic heterocycles. The van der Waals surface area contributed by atoms with Crippen LogP contribution < -0.4 is 15.5 Å². The Morgan fingerprint density at radius 1 is 0.686 bits per heavy atom. The Balaban J connectivity index is 0.958. The Hall–Kier alpha value is -5.38. The van der Waals surface area contributed by atoms with Gasteiger partial charge < -0.3 is 9.47 Å². The van der Waals surface area contributed by atoms with Gasteiger partial charge in [-0.3, -0.25) is 0 Å². The van der Waals surface area contributed by atoms with Crippen molar-refractivity contribution in [1.82, 2.24) is 4.57 Å². The smallest absolute Gasteiger partial charge is 0.0633 e. The average molecular weight is 675 g/mol. The predicted octanol–water partition coefficient (Wildman–Crippen LogP) is 11.4. The fraction of sp³-hybridized carbons (Fsp3) is 0.167. The molecule has 6 aromatic rings. The number of nitrogens with zero attached hydrogens (tertiary/aromatic N) is 2. The van der Waals surface area contributed by atoms with Gasteiger partial charge in [-0.05, 0) is 97.2 Å². The molecule has 0 saturated heterocycles. The molecule has 5 aliphatic rings. The molecular formula is C48H38N2S. The van der Waals surface area contributed by atoms with Crippen LogP contribution in [-0.4, -0.2) is 10.6 Å². The Morgan fingerprint density at radius 3 is 2.43 bits per heavy atom. The van der Waals surface area contributed by atoms with Crippen molar-refractivity contribution in [3.63, 3.8) is 0 Å². The van der Waals surface area contributed by atoms with Crippen LogP contribution in [0.4, 0.5) is 11.4 Å². The van der Waals surface area contributed by atoms with Crippen LogP contribution in [0, 0.1) is 5.92 Å². The first-order valence-electron chi connectivity index (χ1n) is 18.6. The number of para-hydroxylation sites is 2.